The van der Waals surface area contributed by atoms with Gasteiger partial charge in [0.15, 0.2) is 5.96 Å². The lowest BCUT2D eigenvalue weighted by atomic mass is 10.1. The largest absolute Gasteiger partial charge is 0.370 e. The monoisotopic (exact) mass is 199 g/mol. The minimum absolute atomic E-state index is 0. The molecule has 4 N–H and O–H groups in total. The zero-order valence-electron chi connectivity index (χ0n) is 7.74. The van der Waals surface area contributed by atoms with E-state index in [2.05, 4.69) is 11.9 Å². The molecule has 1 aromatic carbocycles. The first kappa shape index (κ1) is 11.8. The molecule has 1 rings (SSSR count). The molecule has 0 bridgehead atoms. The highest BCUT2D eigenvalue weighted by molar-refractivity contribution is 5.85. The van der Waals surface area contributed by atoms with Gasteiger partial charge in [0.1, 0.15) is 0 Å². The van der Waals surface area contributed by atoms with Crippen LogP contribution in [0.5, 0.6) is 0 Å². The van der Waals surface area contributed by atoms with E-state index in [1.54, 1.807) is 0 Å². The van der Waals surface area contributed by atoms with Gasteiger partial charge in [-0.2, -0.15) is 0 Å². The Hall–Kier alpha value is -1.22. The molecule has 0 heterocycles. The van der Waals surface area contributed by atoms with Crippen molar-refractivity contribution < 1.29 is 0 Å². The average molecular weight is 200 g/mol. The van der Waals surface area contributed by atoms with Crippen molar-refractivity contribution in [3.05, 3.63) is 29.3 Å². The molecule has 0 radical (unpaired) electrons. The first-order valence-corrected chi connectivity index (χ1v) is 3.76. The maximum Gasteiger partial charge on any atom is 0.191 e. The van der Waals surface area contributed by atoms with E-state index in [4.69, 9.17) is 11.5 Å². The van der Waals surface area contributed by atoms with Crippen LogP contribution >= 0.6 is 12.4 Å². The van der Waals surface area contributed by atoms with Gasteiger partial charge in [0.2, 0.25) is 0 Å². The summed E-state index contributed by atoms with van der Waals surface area (Å²) in [5.41, 5.74) is 13.7. The second-order valence-electron chi connectivity index (χ2n) is 2.81. The third kappa shape index (κ3) is 3.34. The zero-order chi connectivity index (χ0) is 9.14. The highest BCUT2D eigenvalue weighted by Gasteiger charge is 1.93. The predicted octanol–water partition coefficient (Wildman–Crippen LogP) is 1.63. The molecule has 0 amide bonds. The molecule has 0 saturated carbocycles. The number of aliphatic imine (C=N–C) groups is 1. The minimum Gasteiger partial charge on any atom is -0.370 e. The van der Waals surface area contributed by atoms with Crippen LogP contribution < -0.4 is 11.5 Å². The quantitative estimate of drug-likeness (QED) is 0.534. The fourth-order valence-electron chi connectivity index (χ4n) is 0.944. The normalized spacial score (nSPS) is 8.77. The van der Waals surface area contributed by atoms with E-state index in [0.29, 0.717) is 0 Å². The Morgan fingerprint density at radius 1 is 1.15 bits per heavy atom. The van der Waals surface area contributed by atoms with Crippen molar-refractivity contribution in [2.24, 2.45) is 16.5 Å². The topological polar surface area (TPSA) is 64.4 Å². The van der Waals surface area contributed by atoms with E-state index in [9.17, 15) is 0 Å². The lowest BCUT2D eigenvalue weighted by Gasteiger charge is -2.00. The van der Waals surface area contributed by atoms with Crippen molar-refractivity contribution in [1.29, 1.82) is 0 Å². The summed E-state index contributed by atoms with van der Waals surface area (Å²) in [6, 6.07) is 5.84. The standard InChI is InChI=1S/C9H13N3.ClH/c1-6-3-4-8(5-7(6)2)12-9(10)11;/h3-5H,1-2H3,(H4,10,11,12);1H. The molecule has 72 valence electrons. The summed E-state index contributed by atoms with van der Waals surface area (Å²) >= 11 is 0. The number of hydrogen-bond donors (Lipinski definition) is 2. The van der Waals surface area contributed by atoms with E-state index in [-0.39, 0.29) is 18.4 Å². The van der Waals surface area contributed by atoms with Gasteiger partial charge in [-0.05, 0) is 37.1 Å². The molecule has 1 aromatic rings. The van der Waals surface area contributed by atoms with E-state index in [0.717, 1.165) is 5.69 Å². The van der Waals surface area contributed by atoms with E-state index in [1.807, 2.05) is 25.1 Å². The van der Waals surface area contributed by atoms with Gasteiger partial charge in [0.25, 0.3) is 0 Å². The molecule has 13 heavy (non-hydrogen) atoms. The number of benzene rings is 1. The maximum absolute atomic E-state index is 5.24. The van der Waals surface area contributed by atoms with Crippen LogP contribution in [-0.4, -0.2) is 5.96 Å². The van der Waals surface area contributed by atoms with Crippen LogP contribution in [0.1, 0.15) is 11.1 Å². The number of halogens is 1. The number of guanidine groups is 1. The Balaban J connectivity index is 0.00000144. The molecule has 0 fully saturated rings. The van der Waals surface area contributed by atoms with Gasteiger partial charge < -0.3 is 11.5 Å². The van der Waals surface area contributed by atoms with Gasteiger partial charge in [0, 0.05) is 0 Å². The summed E-state index contributed by atoms with van der Waals surface area (Å²) in [5.74, 6) is 0.0956. The summed E-state index contributed by atoms with van der Waals surface area (Å²) < 4.78 is 0. The van der Waals surface area contributed by atoms with Crippen molar-refractivity contribution in [3.63, 3.8) is 0 Å². The van der Waals surface area contributed by atoms with Crippen molar-refractivity contribution >= 4 is 24.1 Å². The summed E-state index contributed by atoms with van der Waals surface area (Å²) in [6.45, 7) is 4.08. The molecular weight excluding hydrogens is 186 g/mol. The Morgan fingerprint density at radius 3 is 2.23 bits per heavy atom. The van der Waals surface area contributed by atoms with Gasteiger partial charge in [-0.1, -0.05) is 6.07 Å². The average Bonchev–Trinajstić information content (AvgIpc) is 1.96. The lowest BCUT2D eigenvalue weighted by molar-refractivity contribution is 1.32. The van der Waals surface area contributed by atoms with Gasteiger partial charge in [-0.25, -0.2) is 4.99 Å². The van der Waals surface area contributed by atoms with Crippen LogP contribution in [0.2, 0.25) is 0 Å². The minimum atomic E-state index is 0. The molecule has 0 aliphatic carbocycles. The van der Waals surface area contributed by atoms with Crippen LogP contribution in [0.25, 0.3) is 0 Å². The van der Waals surface area contributed by atoms with Crippen molar-refractivity contribution in [3.8, 4) is 0 Å². The predicted molar refractivity (Wildman–Crippen MR) is 58.6 cm³/mol. The molecule has 0 aliphatic heterocycles. The van der Waals surface area contributed by atoms with Crippen molar-refractivity contribution in [2.75, 3.05) is 0 Å². The molecule has 0 aromatic heterocycles. The number of nitrogens with zero attached hydrogens (tertiary/aromatic N) is 1. The van der Waals surface area contributed by atoms with Crippen LogP contribution in [0.3, 0.4) is 0 Å². The van der Waals surface area contributed by atoms with Crippen LogP contribution in [-0.2, 0) is 0 Å². The summed E-state index contributed by atoms with van der Waals surface area (Å²) in [6.07, 6.45) is 0. The number of nitrogens with two attached hydrogens (primary N) is 2. The van der Waals surface area contributed by atoms with Gasteiger partial charge >= 0.3 is 0 Å². The smallest absolute Gasteiger partial charge is 0.191 e. The Labute approximate surface area is 84.3 Å². The first-order chi connectivity index (χ1) is 5.59. The molecule has 0 saturated heterocycles. The maximum atomic E-state index is 5.24. The summed E-state index contributed by atoms with van der Waals surface area (Å²) in [5, 5.41) is 0. The van der Waals surface area contributed by atoms with Gasteiger partial charge in [0.05, 0.1) is 5.69 Å². The summed E-state index contributed by atoms with van der Waals surface area (Å²) in [4.78, 5) is 3.93. The van der Waals surface area contributed by atoms with E-state index in [1.165, 1.54) is 11.1 Å². The second-order valence-corrected chi connectivity index (χ2v) is 2.81. The Morgan fingerprint density at radius 2 is 1.77 bits per heavy atom. The highest BCUT2D eigenvalue weighted by atomic mass is 35.5. The zero-order valence-corrected chi connectivity index (χ0v) is 8.56. The van der Waals surface area contributed by atoms with Crippen LogP contribution in [0.4, 0.5) is 5.69 Å². The molecule has 0 unspecified atom stereocenters. The first-order valence-electron chi connectivity index (χ1n) is 3.76. The molecule has 0 spiro atoms. The molecule has 0 aliphatic rings. The number of aryl methyl sites for hydroxylation is 2. The highest BCUT2D eigenvalue weighted by Crippen LogP contribution is 2.16. The SMILES string of the molecule is Cc1ccc(N=C(N)N)cc1C.Cl. The lowest BCUT2D eigenvalue weighted by Crippen LogP contribution is -2.21. The van der Waals surface area contributed by atoms with Crippen LogP contribution in [0.15, 0.2) is 23.2 Å². The van der Waals surface area contributed by atoms with Gasteiger partial charge in [-0.15, -0.1) is 12.4 Å². The Kier molecular flexibility index (Phi) is 4.28. The molecule has 4 heteroatoms. The number of rotatable bonds is 1. The molecule has 3 nitrogen and oxygen atoms in total. The van der Waals surface area contributed by atoms with Gasteiger partial charge in [-0.3, -0.25) is 0 Å². The van der Waals surface area contributed by atoms with Crippen molar-refractivity contribution in [2.45, 2.75) is 13.8 Å². The van der Waals surface area contributed by atoms with Crippen LogP contribution in [0, 0.1) is 13.8 Å². The Bertz CT molecular complexity index is 317. The fraction of sp³-hybridized carbons (Fsp3) is 0.222. The fourth-order valence-corrected chi connectivity index (χ4v) is 0.944. The number of hydrogen-bond acceptors (Lipinski definition) is 1. The van der Waals surface area contributed by atoms with E-state index < -0.39 is 0 Å². The molecular formula is C9H14ClN3. The van der Waals surface area contributed by atoms with E-state index >= 15 is 0 Å². The summed E-state index contributed by atoms with van der Waals surface area (Å²) in [7, 11) is 0. The third-order valence-electron chi connectivity index (χ3n) is 1.75. The molecule has 0 atom stereocenters. The third-order valence-corrected chi connectivity index (χ3v) is 1.75. The van der Waals surface area contributed by atoms with Crippen molar-refractivity contribution in [1.82, 2.24) is 0 Å². The second kappa shape index (κ2) is 4.72.